The van der Waals surface area contributed by atoms with Gasteiger partial charge in [-0.15, -0.1) is 0 Å². The minimum atomic E-state index is 0.698. The van der Waals surface area contributed by atoms with Gasteiger partial charge in [-0.1, -0.05) is 6.32 Å². The third-order valence-corrected chi connectivity index (χ3v) is 0.804. The van der Waals surface area contributed by atoms with Crippen LogP contribution < -0.4 is 5.32 Å². The van der Waals surface area contributed by atoms with Crippen molar-refractivity contribution in [3.05, 3.63) is 0 Å². The summed E-state index contributed by atoms with van der Waals surface area (Å²) in [5, 5.41) is 3.09. The minimum Gasteiger partial charge on any atom is -0.383 e. The number of nitrogens with one attached hydrogen (secondary N) is 1. The fourth-order valence-corrected chi connectivity index (χ4v) is 0.401. The highest BCUT2D eigenvalue weighted by atomic mass is 16.5. The predicted octanol–water partition coefficient (Wildman–Crippen LogP) is -0.191. The number of rotatable bonds is 5. The molecule has 0 spiro atoms. The molecule has 2 nitrogen and oxygen atoms in total. The van der Waals surface area contributed by atoms with Crippen LogP contribution in [0.5, 0.6) is 0 Å². The van der Waals surface area contributed by atoms with Gasteiger partial charge in [-0.05, 0) is 6.54 Å². The van der Waals surface area contributed by atoms with Gasteiger partial charge >= 0.3 is 0 Å². The van der Waals surface area contributed by atoms with Crippen molar-refractivity contribution in [3.63, 3.8) is 0 Å². The molecule has 0 amide bonds. The number of hydrogen-bond acceptors (Lipinski definition) is 2. The van der Waals surface area contributed by atoms with Crippen molar-refractivity contribution >= 4 is 7.85 Å². The Hall–Kier alpha value is -0.0151. The summed E-state index contributed by atoms with van der Waals surface area (Å²) in [7, 11) is 6.89. The Morgan fingerprint density at radius 1 is 1.50 bits per heavy atom. The lowest BCUT2D eigenvalue weighted by molar-refractivity contribution is 0.200. The maximum Gasteiger partial charge on any atom is 0.0670 e. The fraction of sp³-hybridized carbons (Fsp3) is 1.00. The van der Waals surface area contributed by atoms with E-state index >= 15 is 0 Å². The van der Waals surface area contributed by atoms with Gasteiger partial charge in [0.25, 0.3) is 0 Å². The van der Waals surface area contributed by atoms with E-state index in [1.165, 1.54) is 0 Å². The van der Waals surface area contributed by atoms with Crippen LogP contribution in [0.25, 0.3) is 0 Å². The molecular weight excluding hydrogens is 101 g/mol. The van der Waals surface area contributed by atoms with Gasteiger partial charge in [-0.2, -0.15) is 0 Å². The van der Waals surface area contributed by atoms with E-state index in [2.05, 4.69) is 5.32 Å². The topological polar surface area (TPSA) is 21.3 Å². The molecule has 0 atom stereocenters. The van der Waals surface area contributed by atoms with E-state index in [1.54, 1.807) is 7.11 Å². The normalized spacial score (nSPS) is 9.62. The van der Waals surface area contributed by atoms with E-state index in [0.717, 1.165) is 19.7 Å². The van der Waals surface area contributed by atoms with Gasteiger partial charge in [-0.25, -0.2) is 0 Å². The van der Waals surface area contributed by atoms with E-state index in [9.17, 15) is 0 Å². The van der Waals surface area contributed by atoms with E-state index in [4.69, 9.17) is 12.6 Å². The Labute approximate surface area is 52.0 Å². The lowest BCUT2D eigenvalue weighted by atomic mass is 10.1. The molecule has 0 rings (SSSR count). The maximum absolute atomic E-state index is 5.21. The monoisotopic (exact) mass is 113 g/mol. The molecule has 46 valence electrons. The zero-order valence-electron chi connectivity index (χ0n) is 5.31. The van der Waals surface area contributed by atoms with Crippen molar-refractivity contribution in [2.45, 2.75) is 6.32 Å². The van der Waals surface area contributed by atoms with E-state index < -0.39 is 0 Å². The SMILES string of the molecule is [B]CCNCCOC. The number of methoxy groups -OCH3 is 1. The highest BCUT2D eigenvalue weighted by molar-refractivity contribution is 6.08. The first-order valence-corrected chi connectivity index (χ1v) is 2.81. The number of ether oxygens (including phenoxy) is 1. The van der Waals surface area contributed by atoms with Crippen LogP contribution in [0.2, 0.25) is 6.32 Å². The van der Waals surface area contributed by atoms with Crippen molar-refractivity contribution in [3.8, 4) is 0 Å². The summed E-state index contributed by atoms with van der Waals surface area (Å²) in [5.74, 6) is 0. The molecule has 0 fully saturated rings. The van der Waals surface area contributed by atoms with E-state index in [1.807, 2.05) is 0 Å². The van der Waals surface area contributed by atoms with Gasteiger partial charge in [0.15, 0.2) is 0 Å². The summed E-state index contributed by atoms with van der Waals surface area (Å²) >= 11 is 0. The summed E-state index contributed by atoms with van der Waals surface area (Å²) in [6.45, 7) is 2.54. The Morgan fingerprint density at radius 2 is 2.25 bits per heavy atom. The molecule has 0 saturated carbocycles. The van der Waals surface area contributed by atoms with Crippen molar-refractivity contribution in [1.82, 2.24) is 5.32 Å². The third-order valence-electron chi connectivity index (χ3n) is 0.804. The standard InChI is InChI=1S/C5H12BNO/c1-8-5-4-7-3-2-6/h7H,2-5H2,1H3. The molecule has 0 aliphatic heterocycles. The van der Waals surface area contributed by atoms with Gasteiger partial charge < -0.3 is 10.1 Å². The molecule has 0 unspecified atom stereocenters. The zero-order chi connectivity index (χ0) is 6.24. The minimum absolute atomic E-state index is 0.698. The summed E-state index contributed by atoms with van der Waals surface area (Å²) in [6, 6.07) is 0. The average molecular weight is 113 g/mol. The van der Waals surface area contributed by atoms with Crippen LogP contribution in [-0.2, 0) is 4.74 Å². The molecule has 0 aromatic rings. The lowest BCUT2D eigenvalue weighted by Crippen LogP contribution is -2.19. The smallest absolute Gasteiger partial charge is 0.0670 e. The molecule has 3 heteroatoms. The predicted molar refractivity (Wildman–Crippen MR) is 35.3 cm³/mol. The second kappa shape index (κ2) is 6.98. The quantitative estimate of drug-likeness (QED) is 0.394. The molecule has 0 aliphatic rings. The third kappa shape index (κ3) is 5.98. The van der Waals surface area contributed by atoms with Gasteiger partial charge in [0, 0.05) is 13.7 Å². The molecule has 1 N–H and O–H groups in total. The molecule has 0 aromatic heterocycles. The average Bonchev–Trinajstić information content (AvgIpc) is 1.81. The highest BCUT2D eigenvalue weighted by Gasteiger charge is 1.80. The fourth-order valence-electron chi connectivity index (χ4n) is 0.401. The summed E-state index contributed by atoms with van der Waals surface area (Å²) in [4.78, 5) is 0. The maximum atomic E-state index is 5.21. The highest BCUT2D eigenvalue weighted by Crippen LogP contribution is 1.66. The summed E-state index contributed by atoms with van der Waals surface area (Å²) < 4.78 is 4.79. The first-order valence-electron chi connectivity index (χ1n) is 2.81. The molecular formula is C5H12BNO. The molecule has 0 bridgehead atoms. The Kier molecular flexibility index (Phi) is 6.97. The van der Waals surface area contributed by atoms with Crippen LogP contribution in [-0.4, -0.2) is 34.7 Å². The van der Waals surface area contributed by atoms with E-state index in [-0.39, 0.29) is 0 Å². The van der Waals surface area contributed by atoms with Crippen molar-refractivity contribution < 1.29 is 4.74 Å². The molecule has 0 aromatic carbocycles. The van der Waals surface area contributed by atoms with Crippen LogP contribution in [0.4, 0.5) is 0 Å². The van der Waals surface area contributed by atoms with Crippen LogP contribution in [0, 0.1) is 0 Å². The lowest BCUT2D eigenvalue weighted by Gasteiger charge is -1.99. The molecule has 0 heterocycles. The summed E-state index contributed by atoms with van der Waals surface area (Å²) in [6.07, 6.45) is 0.698. The van der Waals surface area contributed by atoms with Gasteiger partial charge in [0.05, 0.1) is 14.5 Å². The van der Waals surface area contributed by atoms with Crippen LogP contribution in [0.15, 0.2) is 0 Å². The van der Waals surface area contributed by atoms with Crippen molar-refractivity contribution in [1.29, 1.82) is 0 Å². The van der Waals surface area contributed by atoms with Gasteiger partial charge in [0.1, 0.15) is 0 Å². The van der Waals surface area contributed by atoms with Crippen molar-refractivity contribution in [2.24, 2.45) is 0 Å². The molecule has 0 aliphatic carbocycles. The van der Waals surface area contributed by atoms with E-state index in [0.29, 0.717) is 6.32 Å². The Morgan fingerprint density at radius 3 is 2.75 bits per heavy atom. The zero-order valence-corrected chi connectivity index (χ0v) is 5.31. The van der Waals surface area contributed by atoms with Gasteiger partial charge in [0.2, 0.25) is 0 Å². The van der Waals surface area contributed by atoms with Crippen LogP contribution in [0.1, 0.15) is 0 Å². The second-order valence-corrected chi connectivity index (χ2v) is 1.53. The Bertz CT molecular complexity index is 37.4. The second-order valence-electron chi connectivity index (χ2n) is 1.53. The number of hydrogen-bond donors (Lipinski definition) is 1. The van der Waals surface area contributed by atoms with Crippen LogP contribution in [0.3, 0.4) is 0 Å². The largest absolute Gasteiger partial charge is 0.383 e. The first-order chi connectivity index (χ1) is 3.91. The first kappa shape index (κ1) is 7.98. The van der Waals surface area contributed by atoms with Crippen LogP contribution >= 0.6 is 0 Å². The van der Waals surface area contributed by atoms with Gasteiger partial charge in [-0.3, -0.25) is 0 Å². The Balaban J connectivity index is 2.53. The molecule has 0 saturated heterocycles. The molecule has 8 heavy (non-hydrogen) atoms. The summed E-state index contributed by atoms with van der Waals surface area (Å²) in [5.41, 5.74) is 0. The van der Waals surface area contributed by atoms with Crippen molar-refractivity contribution in [2.75, 3.05) is 26.8 Å². The molecule has 2 radical (unpaired) electrons.